The van der Waals surface area contributed by atoms with E-state index >= 15 is 0 Å². The number of amides is 1. The quantitative estimate of drug-likeness (QED) is 0.613. The van der Waals surface area contributed by atoms with Gasteiger partial charge in [-0.3, -0.25) is 4.79 Å². The molecule has 0 bridgehead atoms. The van der Waals surface area contributed by atoms with Crippen LogP contribution in [0.3, 0.4) is 0 Å². The molecule has 0 radical (unpaired) electrons. The van der Waals surface area contributed by atoms with E-state index in [9.17, 15) is 9.59 Å². The maximum atomic E-state index is 12.1. The highest BCUT2D eigenvalue weighted by atomic mass is 79.9. The number of nitrogens with one attached hydrogen (secondary N) is 1. The van der Waals surface area contributed by atoms with Gasteiger partial charge in [-0.25, -0.2) is 4.79 Å². The molecule has 0 unspecified atom stereocenters. The standard InChI is InChI=1S/C19H18BrNO3/c1-13-4-3-5-17(12-13)21-19(23)14(2)24-18(22)11-8-15-6-9-16(20)10-7-15/h3-12,14H,1-2H3,(H,21,23)/b11-8+/t14-/m0/s1. The number of ether oxygens (including phenoxy) is 1. The van der Waals surface area contributed by atoms with Crippen LogP contribution in [0.15, 0.2) is 59.1 Å². The number of carbonyl (C=O) groups excluding carboxylic acids is 2. The second-order valence-corrected chi connectivity index (χ2v) is 6.24. The smallest absolute Gasteiger partial charge is 0.331 e. The van der Waals surface area contributed by atoms with Crippen molar-refractivity contribution >= 4 is 39.6 Å². The molecule has 4 nitrogen and oxygen atoms in total. The Hall–Kier alpha value is -2.40. The second kappa shape index (κ2) is 8.45. The number of rotatable bonds is 5. The molecule has 24 heavy (non-hydrogen) atoms. The van der Waals surface area contributed by atoms with Crippen LogP contribution in [0.4, 0.5) is 5.69 Å². The van der Waals surface area contributed by atoms with Gasteiger partial charge < -0.3 is 10.1 Å². The lowest BCUT2D eigenvalue weighted by Crippen LogP contribution is -2.29. The maximum absolute atomic E-state index is 12.1. The summed E-state index contributed by atoms with van der Waals surface area (Å²) in [6, 6.07) is 14.9. The molecule has 2 rings (SSSR count). The van der Waals surface area contributed by atoms with E-state index in [1.54, 1.807) is 12.1 Å². The van der Waals surface area contributed by atoms with Crippen molar-refractivity contribution in [3.8, 4) is 0 Å². The zero-order chi connectivity index (χ0) is 17.5. The molecular weight excluding hydrogens is 370 g/mol. The third-order valence-corrected chi connectivity index (χ3v) is 3.76. The number of hydrogen-bond acceptors (Lipinski definition) is 3. The number of anilines is 1. The highest BCUT2D eigenvalue weighted by Gasteiger charge is 2.16. The lowest BCUT2D eigenvalue weighted by Gasteiger charge is -2.12. The molecule has 1 N–H and O–H groups in total. The fourth-order valence-electron chi connectivity index (χ4n) is 1.97. The van der Waals surface area contributed by atoms with Gasteiger partial charge in [0.15, 0.2) is 6.10 Å². The van der Waals surface area contributed by atoms with Gasteiger partial charge in [0.25, 0.3) is 5.91 Å². The van der Waals surface area contributed by atoms with Crippen LogP contribution < -0.4 is 5.32 Å². The predicted molar refractivity (Wildman–Crippen MR) is 98.5 cm³/mol. The van der Waals surface area contributed by atoms with E-state index in [4.69, 9.17) is 4.74 Å². The van der Waals surface area contributed by atoms with Gasteiger partial charge in [-0.15, -0.1) is 0 Å². The fourth-order valence-corrected chi connectivity index (χ4v) is 2.24. The Morgan fingerprint density at radius 2 is 1.88 bits per heavy atom. The van der Waals surface area contributed by atoms with Crippen LogP contribution in [0, 0.1) is 6.92 Å². The van der Waals surface area contributed by atoms with E-state index < -0.39 is 12.1 Å². The third-order valence-electron chi connectivity index (χ3n) is 3.23. The Bertz CT molecular complexity index is 753. The molecule has 0 heterocycles. The van der Waals surface area contributed by atoms with Crippen LogP contribution in [-0.2, 0) is 14.3 Å². The van der Waals surface area contributed by atoms with Gasteiger partial charge in [0.2, 0.25) is 0 Å². The van der Waals surface area contributed by atoms with Crippen molar-refractivity contribution in [1.82, 2.24) is 0 Å². The summed E-state index contributed by atoms with van der Waals surface area (Å²) in [6.07, 6.45) is 2.06. The predicted octanol–water partition coefficient (Wildman–Crippen LogP) is 4.34. The summed E-state index contributed by atoms with van der Waals surface area (Å²) in [4.78, 5) is 23.9. The van der Waals surface area contributed by atoms with Crippen LogP contribution in [0.1, 0.15) is 18.1 Å². The minimum Gasteiger partial charge on any atom is -0.449 e. The number of aryl methyl sites for hydroxylation is 1. The number of halogens is 1. The Kier molecular flexibility index (Phi) is 6.32. The fraction of sp³-hybridized carbons (Fsp3) is 0.158. The molecule has 0 saturated carbocycles. The molecule has 2 aromatic carbocycles. The minimum absolute atomic E-state index is 0.369. The van der Waals surface area contributed by atoms with E-state index in [1.165, 1.54) is 13.0 Å². The van der Waals surface area contributed by atoms with Gasteiger partial charge in [0.1, 0.15) is 0 Å². The summed E-state index contributed by atoms with van der Waals surface area (Å²) in [5.74, 6) is -0.934. The SMILES string of the molecule is Cc1cccc(NC(=O)[C@H](C)OC(=O)/C=C/c2ccc(Br)cc2)c1. The van der Waals surface area contributed by atoms with Crippen molar-refractivity contribution in [3.05, 3.63) is 70.2 Å². The van der Waals surface area contributed by atoms with Gasteiger partial charge in [-0.05, 0) is 55.3 Å². The van der Waals surface area contributed by atoms with Crippen LogP contribution in [0.25, 0.3) is 6.08 Å². The van der Waals surface area contributed by atoms with E-state index in [0.29, 0.717) is 5.69 Å². The molecule has 1 atom stereocenters. The summed E-state index contributed by atoms with van der Waals surface area (Å²) in [7, 11) is 0. The van der Waals surface area contributed by atoms with E-state index in [0.717, 1.165) is 15.6 Å². The lowest BCUT2D eigenvalue weighted by atomic mass is 10.2. The maximum Gasteiger partial charge on any atom is 0.331 e. The van der Waals surface area contributed by atoms with Gasteiger partial charge >= 0.3 is 5.97 Å². The highest BCUT2D eigenvalue weighted by molar-refractivity contribution is 9.10. The molecule has 0 aliphatic heterocycles. The highest BCUT2D eigenvalue weighted by Crippen LogP contribution is 2.12. The molecule has 2 aromatic rings. The van der Waals surface area contributed by atoms with Crippen molar-refractivity contribution in [2.45, 2.75) is 20.0 Å². The van der Waals surface area contributed by atoms with Crippen molar-refractivity contribution < 1.29 is 14.3 Å². The summed E-state index contributed by atoms with van der Waals surface area (Å²) in [5, 5.41) is 2.72. The van der Waals surface area contributed by atoms with E-state index in [1.807, 2.05) is 49.4 Å². The molecule has 0 fully saturated rings. The van der Waals surface area contributed by atoms with E-state index in [-0.39, 0.29) is 5.91 Å². The molecule has 0 saturated heterocycles. The lowest BCUT2D eigenvalue weighted by molar-refractivity contribution is -0.148. The Balaban J connectivity index is 1.88. The second-order valence-electron chi connectivity index (χ2n) is 5.32. The van der Waals surface area contributed by atoms with Crippen LogP contribution in [0.5, 0.6) is 0 Å². The summed E-state index contributed by atoms with van der Waals surface area (Å²) in [6.45, 7) is 3.47. The van der Waals surface area contributed by atoms with Gasteiger partial charge in [-0.1, -0.05) is 40.2 Å². The number of esters is 1. The monoisotopic (exact) mass is 387 g/mol. The molecule has 0 aromatic heterocycles. The number of benzene rings is 2. The van der Waals surface area contributed by atoms with Gasteiger partial charge in [0.05, 0.1) is 0 Å². The molecule has 5 heteroatoms. The summed E-state index contributed by atoms with van der Waals surface area (Å²) in [5.41, 5.74) is 2.58. The Labute approximate surface area is 149 Å². The first-order valence-electron chi connectivity index (χ1n) is 7.46. The first-order chi connectivity index (χ1) is 11.4. The largest absolute Gasteiger partial charge is 0.449 e. The number of carbonyl (C=O) groups is 2. The van der Waals surface area contributed by atoms with Crippen LogP contribution in [-0.4, -0.2) is 18.0 Å². The minimum atomic E-state index is -0.882. The average Bonchev–Trinajstić information content (AvgIpc) is 2.54. The van der Waals surface area contributed by atoms with Crippen molar-refractivity contribution in [2.75, 3.05) is 5.32 Å². The molecule has 0 aliphatic rings. The zero-order valence-corrected chi connectivity index (χ0v) is 15.0. The molecular formula is C19H18BrNO3. The Morgan fingerprint density at radius 3 is 2.54 bits per heavy atom. The van der Waals surface area contributed by atoms with Crippen molar-refractivity contribution in [2.24, 2.45) is 0 Å². The first-order valence-corrected chi connectivity index (χ1v) is 8.25. The third kappa shape index (κ3) is 5.66. The molecule has 0 aliphatic carbocycles. The zero-order valence-electron chi connectivity index (χ0n) is 13.5. The molecule has 1 amide bonds. The average molecular weight is 388 g/mol. The van der Waals surface area contributed by atoms with Crippen LogP contribution >= 0.6 is 15.9 Å². The van der Waals surface area contributed by atoms with Gasteiger partial charge in [0, 0.05) is 16.2 Å². The van der Waals surface area contributed by atoms with E-state index in [2.05, 4.69) is 21.2 Å². The Morgan fingerprint density at radius 1 is 1.17 bits per heavy atom. The summed E-state index contributed by atoms with van der Waals surface area (Å²) >= 11 is 3.35. The number of hydrogen-bond donors (Lipinski definition) is 1. The normalized spacial score (nSPS) is 12.0. The van der Waals surface area contributed by atoms with Crippen molar-refractivity contribution in [3.63, 3.8) is 0 Å². The van der Waals surface area contributed by atoms with Crippen molar-refractivity contribution in [1.29, 1.82) is 0 Å². The van der Waals surface area contributed by atoms with Gasteiger partial charge in [-0.2, -0.15) is 0 Å². The molecule has 124 valence electrons. The van der Waals surface area contributed by atoms with Crippen LogP contribution in [0.2, 0.25) is 0 Å². The summed E-state index contributed by atoms with van der Waals surface area (Å²) < 4.78 is 6.07. The first kappa shape index (κ1) is 17.9. The molecule has 0 spiro atoms. The topological polar surface area (TPSA) is 55.4 Å².